The van der Waals surface area contributed by atoms with Crippen molar-refractivity contribution in [2.45, 2.75) is 58.3 Å². The van der Waals surface area contributed by atoms with Crippen LogP contribution in [-0.2, 0) is 20.7 Å². The van der Waals surface area contributed by atoms with E-state index in [0.29, 0.717) is 23.4 Å². The number of esters is 1. The number of halogens is 1. The largest absolute Gasteiger partial charge is 0.460 e. The molecule has 0 saturated carbocycles. The van der Waals surface area contributed by atoms with E-state index in [9.17, 15) is 4.79 Å². The zero-order valence-corrected chi connectivity index (χ0v) is 15.5. The Bertz CT molecular complexity index is 774. The highest BCUT2D eigenvalue weighted by Gasteiger charge is 2.23. The van der Waals surface area contributed by atoms with Gasteiger partial charge in [0.1, 0.15) is 11.4 Å². The van der Waals surface area contributed by atoms with Crippen LogP contribution in [0.25, 0.3) is 11.3 Å². The van der Waals surface area contributed by atoms with E-state index in [1.54, 1.807) is 55.9 Å². The van der Waals surface area contributed by atoms with Gasteiger partial charge in [0.15, 0.2) is 6.23 Å². The Kier molecular flexibility index (Phi) is 5.41. The number of nitrogens with zero attached hydrogens (tertiary/aromatic N) is 2. The molecule has 6 heteroatoms. The van der Waals surface area contributed by atoms with Crippen LogP contribution < -0.4 is 0 Å². The maximum absolute atomic E-state index is 15.1. The molecule has 3 rings (SSSR count). The minimum Gasteiger partial charge on any atom is -0.460 e. The molecule has 0 bridgehead atoms. The Labute approximate surface area is 153 Å². The molecule has 0 amide bonds. The Hall–Kier alpha value is -2.21. The van der Waals surface area contributed by atoms with E-state index in [-0.39, 0.29) is 12.6 Å². The van der Waals surface area contributed by atoms with Gasteiger partial charge in [-0.05, 0) is 57.7 Å². The monoisotopic (exact) mass is 360 g/mol. The molecule has 1 aromatic carbocycles. The normalized spacial score (nSPS) is 17.9. The lowest BCUT2D eigenvalue weighted by Crippen LogP contribution is -2.25. The maximum Gasteiger partial charge on any atom is 0.310 e. The van der Waals surface area contributed by atoms with Crippen molar-refractivity contribution in [3.05, 3.63) is 41.8 Å². The number of aromatic nitrogens is 2. The SMILES string of the molecule is CC(C)(C)OC(=O)Cc1cccc(-c2ccnn2C2CCCCO2)c1F. The zero-order valence-electron chi connectivity index (χ0n) is 15.5. The molecule has 1 aliphatic rings. The van der Waals surface area contributed by atoms with Gasteiger partial charge < -0.3 is 9.47 Å². The summed E-state index contributed by atoms with van der Waals surface area (Å²) in [5, 5.41) is 4.33. The molecule has 1 unspecified atom stereocenters. The van der Waals surface area contributed by atoms with Gasteiger partial charge in [-0.1, -0.05) is 12.1 Å². The second-order valence-corrected chi connectivity index (χ2v) is 7.52. The van der Waals surface area contributed by atoms with Crippen LogP contribution in [-0.4, -0.2) is 28.0 Å². The fourth-order valence-electron chi connectivity index (χ4n) is 3.12. The summed E-state index contributed by atoms with van der Waals surface area (Å²) in [6.07, 6.45) is 4.31. The van der Waals surface area contributed by atoms with Gasteiger partial charge in [0.05, 0.1) is 12.1 Å². The van der Waals surface area contributed by atoms with Crippen LogP contribution in [0.5, 0.6) is 0 Å². The lowest BCUT2D eigenvalue weighted by atomic mass is 10.0. The quantitative estimate of drug-likeness (QED) is 0.764. The highest BCUT2D eigenvalue weighted by atomic mass is 19.1. The van der Waals surface area contributed by atoms with Crippen LogP contribution in [0.4, 0.5) is 4.39 Å². The van der Waals surface area contributed by atoms with E-state index in [0.717, 1.165) is 19.3 Å². The van der Waals surface area contributed by atoms with Crippen LogP contribution in [0.15, 0.2) is 30.5 Å². The number of ether oxygens (including phenoxy) is 2. The number of carbonyl (C=O) groups is 1. The molecule has 2 heterocycles. The second kappa shape index (κ2) is 7.58. The topological polar surface area (TPSA) is 53.3 Å². The molecule has 140 valence electrons. The van der Waals surface area contributed by atoms with Gasteiger partial charge in [-0.25, -0.2) is 9.07 Å². The van der Waals surface area contributed by atoms with E-state index in [4.69, 9.17) is 9.47 Å². The summed E-state index contributed by atoms with van der Waals surface area (Å²) in [5.74, 6) is -0.867. The lowest BCUT2D eigenvalue weighted by molar-refractivity contribution is -0.153. The van der Waals surface area contributed by atoms with Gasteiger partial charge in [0.2, 0.25) is 0 Å². The maximum atomic E-state index is 15.1. The molecule has 0 aliphatic carbocycles. The fraction of sp³-hybridized carbons (Fsp3) is 0.500. The summed E-state index contributed by atoms with van der Waals surface area (Å²) in [6.45, 7) is 6.06. The lowest BCUT2D eigenvalue weighted by Gasteiger charge is -2.24. The third-order valence-electron chi connectivity index (χ3n) is 4.21. The minimum absolute atomic E-state index is 0.106. The van der Waals surface area contributed by atoms with Crippen molar-refractivity contribution in [3.8, 4) is 11.3 Å². The highest BCUT2D eigenvalue weighted by Crippen LogP contribution is 2.30. The number of hydrogen-bond acceptors (Lipinski definition) is 4. The summed E-state index contributed by atoms with van der Waals surface area (Å²) < 4.78 is 27.9. The number of benzene rings is 1. The van der Waals surface area contributed by atoms with Crippen molar-refractivity contribution in [2.75, 3.05) is 6.61 Å². The van der Waals surface area contributed by atoms with Gasteiger partial charge in [0.25, 0.3) is 0 Å². The predicted octanol–water partition coefficient (Wildman–Crippen LogP) is 4.27. The minimum atomic E-state index is -0.595. The third kappa shape index (κ3) is 4.30. The van der Waals surface area contributed by atoms with Crippen LogP contribution >= 0.6 is 0 Å². The summed E-state index contributed by atoms with van der Waals surface area (Å²) in [5.41, 5.74) is 0.787. The van der Waals surface area contributed by atoms with E-state index in [1.807, 2.05) is 0 Å². The molecule has 1 atom stereocenters. The molecular weight excluding hydrogens is 335 g/mol. The summed E-state index contributed by atoms with van der Waals surface area (Å²) >= 11 is 0. The molecule has 1 fully saturated rings. The molecule has 0 N–H and O–H groups in total. The molecule has 1 saturated heterocycles. The first kappa shape index (κ1) is 18.6. The molecule has 0 radical (unpaired) electrons. The number of hydrogen-bond donors (Lipinski definition) is 0. The Balaban J connectivity index is 1.86. The van der Waals surface area contributed by atoms with E-state index < -0.39 is 17.4 Å². The van der Waals surface area contributed by atoms with Gasteiger partial charge in [-0.2, -0.15) is 5.10 Å². The summed E-state index contributed by atoms with van der Waals surface area (Å²) in [6, 6.07) is 6.83. The zero-order chi connectivity index (χ0) is 18.7. The van der Waals surface area contributed by atoms with Crippen molar-refractivity contribution in [1.29, 1.82) is 0 Å². The van der Waals surface area contributed by atoms with E-state index in [2.05, 4.69) is 5.10 Å². The van der Waals surface area contributed by atoms with Crippen molar-refractivity contribution in [3.63, 3.8) is 0 Å². The fourth-order valence-corrected chi connectivity index (χ4v) is 3.12. The van der Waals surface area contributed by atoms with Crippen LogP contribution in [0, 0.1) is 5.82 Å². The smallest absolute Gasteiger partial charge is 0.310 e. The molecule has 2 aromatic rings. The molecule has 26 heavy (non-hydrogen) atoms. The van der Waals surface area contributed by atoms with Gasteiger partial charge in [-0.15, -0.1) is 0 Å². The summed E-state index contributed by atoms with van der Waals surface area (Å²) in [4.78, 5) is 12.1. The first-order chi connectivity index (χ1) is 12.3. The number of rotatable bonds is 4. The Morgan fingerprint density at radius 2 is 2.15 bits per heavy atom. The molecule has 5 nitrogen and oxygen atoms in total. The first-order valence-corrected chi connectivity index (χ1v) is 9.00. The predicted molar refractivity (Wildman–Crippen MR) is 96.0 cm³/mol. The standard InChI is InChI=1S/C20H25FN2O3/c1-20(2,3)26-18(24)13-14-7-6-8-15(19(14)21)16-10-11-22-23(16)17-9-4-5-12-25-17/h6-8,10-11,17H,4-5,9,12-13H2,1-3H3. The Morgan fingerprint density at radius 3 is 2.85 bits per heavy atom. The average Bonchev–Trinajstić information content (AvgIpc) is 3.05. The van der Waals surface area contributed by atoms with Gasteiger partial charge in [0, 0.05) is 18.4 Å². The average molecular weight is 360 g/mol. The second-order valence-electron chi connectivity index (χ2n) is 7.52. The Morgan fingerprint density at radius 1 is 1.35 bits per heavy atom. The van der Waals surface area contributed by atoms with Crippen LogP contribution in [0.1, 0.15) is 51.8 Å². The molecular formula is C20H25FN2O3. The van der Waals surface area contributed by atoms with E-state index in [1.165, 1.54) is 0 Å². The summed E-state index contributed by atoms with van der Waals surface area (Å²) in [7, 11) is 0. The highest BCUT2D eigenvalue weighted by molar-refractivity contribution is 5.74. The van der Waals surface area contributed by atoms with Crippen molar-refractivity contribution in [1.82, 2.24) is 9.78 Å². The molecule has 1 aliphatic heterocycles. The van der Waals surface area contributed by atoms with Crippen LogP contribution in [0.2, 0.25) is 0 Å². The van der Waals surface area contributed by atoms with Gasteiger partial charge in [-0.3, -0.25) is 4.79 Å². The van der Waals surface area contributed by atoms with Crippen molar-refractivity contribution >= 4 is 5.97 Å². The van der Waals surface area contributed by atoms with Crippen LogP contribution in [0.3, 0.4) is 0 Å². The molecule has 0 spiro atoms. The van der Waals surface area contributed by atoms with Crippen molar-refractivity contribution < 1.29 is 18.7 Å². The van der Waals surface area contributed by atoms with Gasteiger partial charge >= 0.3 is 5.97 Å². The molecule has 1 aromatic heterocycles. The third-order valence-corrected chi connectivity index (χ3v) is 4.21. The first-order valence-electron chi connectivity index (χ1n) is 9.00. The van der Waals surface area contributed by atoms with E-state index >= 15 is 4.39 Å². The number of carbonyl (C=O) groups excluding carboxylic acids is 1. The van der Waals surface area contributed by atoms with Crippen molar-refractivity contribution in [2.24, 2.45) is 0 Å².